The highest BCUT2D eigenvalue weighted by molar-refractivity contribution is 5.49. The molecule has 1 saturated carbocycles. The maximum Gasteiger partial charge on any atom is 0.0370 e. The van der Waals surface area contributed by atoms with E-state index in [4.69, 9.17) is 0 Å². The molecule has 0 bridgehead atoms. The van der Waals surface area contributed by atoms with E-state index in [-0.39, 0.29) is 0 Å². The summed E-state index contributed by atoms with van der Waals surface area (Å²) in [7, 11) is 0. The van der Waals surface area contributed by atoms with Crippen molar-refractivity contribution in [2.24, 2.45) is 0 Å². The number of anilines is 1. The Hall–Kier alpha value is -1.02. The average molecular weight is 258 g/mol. The molecule has 0 amide bonds. The quantitative estimate of drug-likeness (QED) is 0.875. The third-order valence-corrected chi connectivity index (χ3v) is 4.87. The highest BCUT2D eigenvalue weighted by atomic mass is 15.2. The van der Waals surface area contributed by atoms with Gasteiger partial charge in [0, 0.05) is 30.9 Å². The lowest BCUT2D eigenvalue weighted by Gasteiger charge is -2.47. The molecule has 1 saturated heterocycles. The second-order valence-electron chi connectivity index (χ2n) is 6.21. The molecule has 1 aromatic carbocycles. The number of hydrogen-bond acceptors (Lipinski definition) is 2. The normalized spacial score (nSPS) is 22.7. The molecule has 0 radical (unpaired) electrons. The zero-order valence-electron chi connectivity index (χ0n) is 12.1. The first-order chi connectivity index (χ1) is 9.31. The Morgan fingerprint density at radius 3 is 2.84 bits per heavy atom. The van der Waals surface area contributed by atoms with E-state index < -0.39 is 0 Å². The van der Waals surface area contributed by atoms with Gasteiger partial charge in [0.1, 0.15) is 0 Å². The third-order valence-electron chi connectivity index (χ3n) is 4.87. The standard InChI is InChI=1S/C17H26N2/c1-2-15-7-6-8-16(13-15)19-12-11-18-17(14-19)9-4-3-5-10-17/h6-8,13,18H,2-5,9-12,14H2,1H3. The van der Waals surface area contributed by atoms with Crippen LogP contribution < -0.4 is 10.2 Å². The van der Waals surface area contributed by atoms with Crippen LogP contribution in [0.4, 0.5) is 5.69 Å². The summed E-state index contributed by atoms with van der Waals surface area (Å²) in [5, 5.41) is 3.82. The van der Waals surface area contributed by atoms with Crippen LogP contribution in [0, 0.1) is 0 Å². The summed E-state index contributed by atoms with van der Waals surface area (Å²) in [5.74, 6) is 0. The van der Waals surface area contributed by atoms with Crippen molar-refractivity contribution < 1.29 is 0 Å². The Labute approximate surface area is 117 Å². The van der Waals surface area contributed by atoms with Gasteiger partial charge in [0.2, 0.25) is 0 Å². The van der Waals surface area contributed by atoms with Crippen LogP contribution in [0.1, 0.15) is 44.6 Å². The molecule has 0 unspecified atom stereocenters. The van der Waals surface area contributed by atoms with Gasteiger partial charge in [0.25, 0.3) is 0 Å². The van der Waals surface area contributed by atoms with E-state index >= 15 is 0 Å². The predicted octanol–water partition coefficient (Wildman–Crippen LogP) is 3.36. The summed E-state index contributed by atoms with van der Waals surface area (Å²) < 4.78 is 0. The molecular formula is C17H26N2. The van der Waals surface area contributed by atoms with E-state index in [1.807, 2.05) is 0 Å². The first-order valence-corrected chi connectivity index (χ1v) is 7.90. The van der Waals surface area contributed by atoms with Gasteiger partial charge in [-0.3, -0.25) is 0 Å². The van der Waals surface area contributed by atoms with E-state index in [0.717, 1.165) is 19.5 Å². The fraction of sp³-hybridized carbons (Fsp3) is 0.647. The van der Waals surface area contributed by atoms with Crippen molar-refractivity contribution in [1.82, 2.24) is 5.32 Å². The van der Waals surface area contributed by atoms with E-state index in [0.29, 0.717) is 5.54 Å². The van der Waals surface area contributed by atoms with Crippen LogP contribution in [0.5, 0.6) is 0 Å². The van der Waals surface area contributed by atoms with Gasteiger partial charge in [-0.25, -0.2) is 0 Å². The molecule has 0 aromatic heterocycles. The average Bonchev–Trinajstić information content (AvgIpc) is 2.48. The maximum atomic E-state index is 3.82. The third kappa shape index (κ3) is 2.79. The molecular weight excluding hydrogens is 232 g/mol. The smallest absolute Gasteiger partial charge is 0.0370 e. The monoisotopic (exact) mass is 258 g/mol. The Kier molecular flexibility index (Phi) is 3.79. The Morgan fingerprint density at radius 2 is 2.05 bits per heavy atom. The molecule has 1 aliphatic heterocycles. The minimum Gasteiger partial charge on any atom is -0.368 e. The number of benzene rings is 1. The number of nitrogens with zero attached hydrogens (tertiary/aromatic N) is 1. The number of rotatable bonds is 2. The van der Waals surface area contributed by atoms with Crippen molar-refractivity contribution in [3.05, 3.63) is 29.8 Å². The van der Waals surface area contributed by atoms with Gasteiger partial charge in [0.15, 0.2) is 0 Å². The van der Waals surface area contributed by atoms with Gasteiger partial charge in [-0.15, -0.1) is 0 Å². The van der Waals surface area contributed by atoms with E-state index in [1.54, 1.807) is 0 Å². The van der Waals surface area contributed by atoms with Crippen LogP contribution in [0.2, 0.25) is 0 Å². The Morgan fingerprint density at radius 1 is 1.21 bits per heavy atom. The summed E-state index contributed by atoms with van der Waals surface area (Å²) in [6, 6.07) is 9.11. The van der Waals surface area contributed by atoms with Crippen molar-refractivity contribution in [1.29, 1.82) is 0 Å². The van der Waals surface area contributed by atoms with Crippen LogP contribution >= 0.6 is 0 Å². The van der Waals surface area contributed by atoms with Gasteiger partial charge in [-0.1, -0.05) is 38.3 Å². The molecule has 2 fully saturated rings. The van der Waals surface area contributed by atoms with Gasteiger partial charge < -0.3 is 10.2 Å². The number of hydrogen-bond donors (Lipinski definition) is 1. The number of aryl methyl sites for hydroxylation is 1. The van der Waals surface area contributed by atoms with Crippen molar-refractivity contribution in [2.75, 3.05) is 24.5 Å². The van der Waals surface area contributed by atoms with Gasteiger partial charge in [-0.2, -0.15) is 0 Å². The zero-order valence-corrected chi connectivity index (χ0v) is 12.1. The zero-order chi connectivity index (χ0) is 13.1. The van der Waals surface area contributed by atoms with E-state index in [1.165, 1.54) is 49.9 Å². The summed E-state index contributed by atoms with van der Waals surface area (Å²) >= 11 is 0. The fourth-order valence-electron chi connectivity index (χ4n) is 3.71. The molecule has 104 valence electrons. The molecule has 2 heteroatoms. The molecule has 19 heavy (non-hydrogen) atoms. The summed E-state index contributed by atoms with van der Waals surface area (Å²) in [6.07, 6.45) is 8.07. The largest absolute Gasteiger partial charge is 0.368 e. The van der Waals surface area contributed by atoms with Crippen LogP contribution in [0.15, 0.2) is 24.3 Å². The highest BCUT2D eigenvalue weighted by Crippen LogP contribution is 2.32. The van der Waals surface area contributed by atoms with Crippen LogP contribution in [-0.2, 0) is 6.42 Å². The first-order valence-electron chi connectivity index (χ1n) is 7.90. The van der Waals surface area contributed by atoms with Crippen molar-refractivity contribution in [2.45, 2.75) is 51.0 Å². The maximum absolute atomic E-state index is 3.82. The lowest BCUT2D eigenvalue weighted by atomic mass is 9.80. The first kappa shape index (κ1) is 13.0. The van der Waals surface area contributed by atoms with E-state index in [9.17, 15) is 0 Å². The predicted molar refractivity (Wildman–Crippen MR) is 81.9 cm³/mol. The lowest BCUT2D eigenvalue weighted by Crippen LogP contribution is -2.61. The van der Waals surface area contributed by atoms with Gasteiger partial charge in [0.05, 0.1) is 0 Å². The minimum absolute atomic E-state index is 0.402. The Bertz CT molecular complexity index is 416. The highest BCUT2D eigenvalue weighted by Gasteiger charge is 2.36. The van der Waals surface area contributed by atoms with Crippen molar-refractivity contribution in [3.63, 3.8) is 0 Å². The van der Waals surface area contributed by atoms with Crippen LogP contribution in [0.25, 0.3) is 0 Å². The molecule has 1 spiro atoms. The van der Waals surface area contributed by atoms with Crippen LogP contribution in [0.3, 0.4) is 0 Å². The molecule has 1 heterocycles. The summed E-state index contributed by atoms with van der Waals surface area (Å²) in [4.78, 5) is 2.60. The molecule has 1 N–H and O–H groups in total. The number of nitrogens with one attached hydrogen (secondary N) is 1. The molecule has 1 aliphatic carbocycles. The van der Waals surface area contributed by atoms with Crippen LogP contribution in [-0.4, -0.2) is 25.2 Å². The van der Waals surface area contributed by atoms with Crippen molar-refractivity contribution >= 4 is 5.69 Å². The van der Waals surface area contributed by atoms with Crippen molar-refractivity contribution in [3.8, 4) is 0 Å². The fourth-order valence-corrected chi connectivity index (χ4v) is 3.71. The molecule has 2 aliphatic rings. The topological polar surface area (TPSA) is 15.3 Å². The lowest BCUT2D eigenvalue weighted by molar-refractivity contribution is 0.216. The second-order valence-corrected chi connectivity index (χ2v) is 6.21. The van der Waals surface area contributed by atoms with Gasteiger partial charge >= 0.3 is 0 Å². The number of piperazine rings is 1. The Balaban J connectivity index is 1.76. The molecule has 2 nitrogen and oxygen atoms in total. The molecule has 1 aromatic rings. The molecule has 3 rings (SSSR count). The summed E-state index contributed by atoms with van der Waals surface area (Å²) in [5.41, 5.74) is 3.28. The minimum atomic E-state index is 0.402. The SMILES string of the molecule is CCc1cccc(N2CCNC3(CCCCC3)C2)c1. The van der Waals surface area contributed by atoms with E-state index in [2.05, 4.69) is 41.4 Å². The van der Waals surface area contributed by atoms with Gasteiger partial charge in [-0.05, 0) is 37.0 Å². The summed E-state index contributed by atoms with van der Waals surface area (Å²) in [6.45, 7) is 5.71. The molecule has 0 atom stereocenters. The second kappa shape index (κ2) is 5.54.